The maximum atomic E-state index is 9.58. The van der Waals surface area contributed by atoms with Gasteiger partial charge >= 0.3 is 0 Å². The summed E-state index contributed by atoms with van der Waals surface area (Å²) >= 11 is 6.00. The van der Waals surface area contributed by atoms with E-state index in [1.807, 2.05) is 18.2 Å². The molecule has 1 aromatic carbocycles. The van der Waals surface area contributed by atoms with E-state index in [-0.39, 0.29) is 17.9 Å². The van der Waals surface area contributed by atoms with Crippen molar-refractivity contribution in [3.8, 4) is 0 Å². The van der Waals surface area contributed by atoms with Crippen LogP contribution >= 0.6 is 11.6 Å². The maximum Gasteiger partial charge on any atom is 0.0493 e. The summed E-state index contributed by atoms with van der Waals surface area (Å²) in [6.07, 6.45) is 3.33. The molecule has 0 unspecified atom stereocenters. The van der Waals surface area contributed by atoms with Crippen LogP contribution in [0.2, 0.25) is 5.02 Å². The molecule has 1 aliphatic carbocycles. The highest BCUT2D eigenvalue weighted by Gasteiger charge is 2.43. The molecule has 88 valence electrons. The summed E-state index contributed by atoms with van der Waals surface area (Å²) < 4.78 is 0. The van der Waals surface area contributed by atoms with Gasteiger partial charge in [-0.25, -0.2) is 0 Å². The van der Waals surface area contributed by atoms with Gasteiger partial charge in [-0.2, -0.15) is 0 Å². The summed E-state index contributed by atoms with van der Waals surface area (Å²) in [5.74, 6) is 0.227. The van der Waals surface area contributed by atoms with E-state index in [0.29, 0.717) is 6.54 Å². The Kier molecular flexibility index (Phi) is 3.53. The predicted octanol–water partition coefficient (Wildman–Crippen LogP) is 2.54. The summed E-state index contributed by atoms with van der Waals surface area (Å²) in [4.78, 5) is 0. The van der Waals surface area contributed by atoms with Crippen molar-refractivity contribution in [2.45, 2.75) is 25.2 Å². The van der Waals surface area contributed by atoms with E-state index in [0.717, 1.165) is 23.4 Å². The standard InChI is InChI=1S/C13H18ClNO/c14-11-4-1-3-10(7-11)12(8-15)13(9-16)5-2-6-13/h1,3-4,7,12,16H,2,5-6,8-9,15H2/t12-/m0/s1. The lowest BCUT2D eigenvalue weighted by Crippen LogP contribution is -2.42. The van der Waals surface area contributed by atoms with Crippen LogP contribution in [0.3, 0.4) is 0 Å². The Balaban J connectivity index is 2.28. The van der Waals surface area contributed by atoms with Crippen molar-refractivity contribution in [2.24, 2.45) is 11.1 Å². The molecule has 0 spiro atoms. The number of rotatable bonds is 4. The van der Waals surface area contributed by atoms with E-state index in [9.17, 15) is 5.11 Å². The summed E-state index contributed by atoms with van der Waals surface area (Å²) in [5, 5.41) is 10.3. The van der Waals surface area contributed by atoms with Gasteiger partial charge in [0.05, 0.1) is 0 Å². The van der Waals surface area contributed by atoms with Gasteiger partial charge in [-0.05, 0) is 37.1 Å². The van der Waals surface area contributed by atoms with E-state index in [1.165, 1.54) is 6.42 Å². The van der Waals surface area contributed by atoms with Gasteiger partial charge in [0.1, 0.15) is 0 Å². The molecule has 0 saturated heterocycles. The van der Waals surface area contributed by atoms with E-state index >= 15 is 0 Å². The number of aliphatic hydroxyl groups excluding tert-OH is 1. The van der Waals surface area contributed by atoms with Crippen LogP contribution in [-0.2, 0) is 0 Å². The van der Waals surface area contributed by atoms with Gasteiger partial charge in [0.25, 0.3) is 0 Å². The van der Waals surface area contributed by atoms with Crippen LogP contribution in [0.1, 0.15) is 30.7 Å². The topological polar surface area (TPSA) is 46.2 Å². The van der Waals surface area contributed by atoms with Crippen LogP contribution < -0.4 is 5.73 Å². The molecule has 3 heteroatoms. The molecule has 0 bridgehead atoms. The van der Waals surface area contributed by atoms with Crippen molar-refractivity contribution in [1.29, 1.82) is 0 Å². The fourth-order valence-electron chi connectivity index (χ4n) is 2.71. The second-order valence-corrected chi connectivity index (χ2v) is 5.15. The molecule has 1 saturated carbocycles. The molecule has 0 radical (unpaired) electrons. The molecule has 1 aromatic rings. The largest absolute Gasteiger partial charge is 0.396 e. The molecule has 3 N–H and O–H groups in total. The first-order valence-corrected chi connectivity index (χ1v) is 6.16. The highest BCUT2D eigenvalue weighted by atomic mass is 35.5. The number of hydrogen-bond acceptors (Lipinski definition) is 2. The molecular formula is C13H18ClNO. The fourth-order valence-corrected chi connectivity index (χ4v) is 2.91. The first-order valence-electron chi connectivity index (χ1n) is 5.78. The van der Waals surface area contributed by atoms with Gasteiger partial charge in [0, 0.05) is 23.0 Å². The third kappa shape index (κ3) is 1.97. The average molecular weight is 240 g/mol. The van der Waals surface area contributed by atoms with Crippen molar-refractivity contribution < 1.29 is 5.11 Å². The molecule has 2 rings (SSSR count). The predicted molar refractivity (Wildman–Crippen MR) is 66.6 cm³/mol. The van der Waals surface area contributed by atoms with Crippen molar-refractivity contribution in [3.05, 3.63) is 34.9 Å². The molecule has 0 heterocycles. The second-order valence-electron chi connectivity index (χ2n) is 4.72. The molecule has 0 aromatic heterocycles. The quantitative estimate of drug-likeness (QED) is 0.848. The van der Waals surface area contributed by atoms with Gasteiger partial charge in [-0.1, -0.05) is 30.2 Å². The molecule has 2 nitrogen and oxygen atoms in total. The smallest absolute Gasteiger partial charge is 0.0493 e. The Morgan fingerprint density at radius 3 is 2.62 bits per heavy atom. The zero-order valence-electron chi connectivity index (χ0n) is 9.32. The van der Waals surface area contributed by atoms with Gasteiger partial charge in [0.2, 0.25) is 0 Å². The SMILES string of the molecule is NC[C@@H](c1cccc(Cl)c1)C1(CO)CCC1. The van der Waals surface area contributed by atoms with Crippen LogP contribution in [0.15, 0.2) is 24.3 Å². The lowest BCUT2D eigenvalue weighted by molar-refractivity contribution is 0.0192. The van der Waals surface area contributed by atoms with Gasteiger partial charge in [-0.3, -0.25) is 0 Å². The summed E-state index contributed by atoms with van der Waals surface area (Å²) in [6.45, 7) is 0.794. The van der Waals surface area contributed by atoms with Gasteiger partial charge in [-0.15, -0.1) is 0 Å². The van der Waals surface area contributed by atoms with E-state index in [4.69, 9.17) is 17.3 Å². The highest BCUT2D eigenvalue weighted by Crippen LogP contribution is 2.50. The van der Waals surface area contributed by atoms with Crippen molar-refractivity contribution in [3.63, 3.8) is 0 Å². The highest BCUT2D eigenvalue weighted by molar-refractivity contribution is 6.30. The van der Waals surface area contributed by atoms with E-state index in [1.54, 1.807) is 0 Å². The van der Waals surface area contributed by atoms with Gasteiger partial charge in [0.15, 0.2) is 0 Å². The second kappa shape index (κ2) is 4.74. The van der Waals surface area contributed by atoms with E-state index < -0.39 is 0 Å². The van der Waals surface area contributed by atoms with Crippen LogP contribution in [0.5, 0.6) is 0 Å². The number of hydrogen-bond donors (Lipinski definition) is 2. The molecule has 16 heavy (non-hydrogen) atoms. The Morgan fingerprint density at radius 1 is 1.44 bits per heavy atom. The Morgan fingerprint density at radius 2 is 2.19 bits per heavy atom. The van der Waals surface area contributed by atoms with Crippen LogP contribution in [0, 0.1) is 5.41 Å². The van der Waals surface area contributed by atoms with Crippen LogP contribution in [0.4, 0.5) is 0 Å². The number of halogens is 1. The molecule has 0 amide bonds. The van der Waals surface area contributed by atoms with Crippen molar-refractivity contribution in [1.82, 2.24) is 0 Å². The van der Waals surface area contributed by atoms with Crippen molar-refractivity contribution in [2.75, 3.05) is 13.2 Å². The van der Waals surface area contributed by atoms with E-state index in [2.05, 4.69) is 6.07 Å². The third-order valence-electron chi connectivity index (χ3n) is 3.89. The number of nitrogens with two attached hydrogens (primary N) is 1. The molecule has 1 fully saturated rings. The fraction of sp³-hybridized carbons (Fsp3) is 0.538. The molecular weight excluding hydrogens is 222 g/mol. The summed E-state index contributed by atoms with van der Waals surface area (Å²) in [5.41, 5.74) is 7.03. The number of aliphatic hydroxyl groups is 1. The normalized spacial score (nSPS) is 20.2. The Labute approximate surface area is 101 Å². The minimum absolute atomic E-state index is 0.000563. The molecule has 1 aliphatic rings. The monoisotopic (exact) mass is 239 g/mol. The summed E-state index contributed by atoms with van der Waals surface area (Å²) in [6, 6.07) is 7.84. The lowest BCUT2D eigenvalue weighted by atomic mass is 9.60. The summed E-state index contributed by atoms with van der Waals surface area (Å²) in [7, 11) is 0. The molecule has 0 aliphatic heterocycles. The average Bonchev–Trinajstić information content (AvgIpc) is 2.23. The molecule has 1 atom stereocenters. The minimum Gasteiger partial charge on any atom is -0.396 e. The number of benzene rings is 1. The third-order valence-corrected chi connectivity index (χ3v) is 4.13. The Hall–Kier alpha value is -0.570. The Bertz CT molecular complexity index is 357. The van der Waals surface area contributed by atoms with Crippen LogP contribution in [-0.4, -0.2) is 18.3 Å². The maximum absolute atomic E-state index is 9.58. The first kappa shape index (κ1) is 11.9. The zero-order chi connectivity index (χ0) is 11.6. The minimum atomic E-state index is -0.000563. The lowest BCUT2D eigenvalue weighted by Gasteiger charge is -2.46. The van der Waals surface area contributed by atoms with Gasteiger partial charge < -0.3 is 10.8 Å². The van der Waals surface area contributed by atoms with Crippen LogP contribution in [0.25, 0.3) is 0 Å². The first-order chi connectivity index (χ1) is 7.72. The zero-order valence-corrected chi connectivity index (χ0v) is 10.1. The van der Waals surface area contributed by atoms with Crippen molar-refractivity contribution >= 4 is 11.6 Å².